The van der Waals surface area contributed by atoms with Crippen LogP contribution in [0.3, 0.4) is 0 Å². The van der Waals surface area contributed by atoms with Crippen molar-refractivity contribution in [3.8, 4) is 0 Å². The summed E-state index contributed by atoms with van der Waals surface area (Å²) in [6.45, 7) is 0.262. The first-order valence-electron chi connectivity index (χ1n) is 6.18. The highest BCUT2D eigenvalue weighted by Gasteiger charge is 2.16. The highest BCUT2D eigenvalue weighted by molar-refractivity contribution is 5.95. The molecule has 0 bridgehead atoms. The summed E-state index contributed by atoms with van der Waals surface area (Å²) in [5.74, 6) is -1.48. The Balaban J connectivity index is 1.99. The van der Waals surface area contributed by atoms with Crippen molar-refractivity contribution in [1.29, 1.82) is 0 Å². The first-order valence-corrected chi connectivity index (χ1v) is 6.18. The van der Waals surface area contributed by atoms with Crippen molar-refractivity contribution in [1.82, 2.24) is 15.1 Å². The van der Waals surface area contributed by atoms with Crippen LogP contribution in [0.25, 0.3) is 0 Å². The van der Waals surface area contributed by atoms with Crippen LogP contribution in [0, 0.1) is 15.9 Å². The maximum absolute atomic E-state index is 13.5. The topological polar surface area (TPSA) is 90.1 Å². The number of carbonyl (C=O) groups excluding carboxylic acids is 1. The lowest BCUT2D eigenvalue weighted by Crippen LogP contribution is -2.26. The summed E-state index contributed by atoms with van der Waals surface area (Å²) in [7, 11) is 1.78. The van der Waals surface area contributed by atoms with Gasteiger partial charge >= 0.3 is 0 Å². The molecule has 1 N–H and O–H groups in total. The zero-order valence-electron chi connectivity index (χ0n) is 11.2. The fourth-order valence-electron chi connectivity index (χ4n) is 1.80. The second-order valence-electron chi connectivity index (χ2n) is 4.41. The third-order valence-corrected chi connectivity index (χ3v) is 2.84. The Bertz CT molecular complexity index is 684. The van der Waals surface area contributed by atoms with Crippen LogP contribution in [-0.4, -0.2) is 27.2 Å². The fraction of sp³-hybridized carbons (Fsp3) is 0.231. The van der Waals surface area contributed by atoms with Crippen LogP contribution < -0.4 is 5.32 Å². The van der Waals surface area contributed by atoms with Crippen LogP contribution >= 0.6 is 0 Å². The Morgan fingerprint density at radius 1 is 1.48 bits per heavy atom. The zero-order valence-corrected chi connectivity index (χ0v) is 11.2. The molecule has 0 atom stereocenters. The van der Waals surface area contributed by atoms with Crippen molar-refractivity contribution < 1.29 is 14.1 Å². The van der Waals surface area contributed by atoms with Crippen LogP contribution in [0.15, 0.2) is 30.5 Å². The number of hydrogen-bond donors (Lipinski definition) is 1. The van der Waals surface area contributed by atoms with E-state index in [4.69, 9.17) is 0 Å². The van der Waals surface area contributed by atoms with E-state index in [9.17, 15) is 19.3 Å². The summed E-state index contributed by atoms with van der Waals surface area (Å²) in [5.41, 5.74) is 0.119. The fourth-order valence-corrected chi connectivity index (χ4v) is 1.80. The second kappa shape index (κ2) is 6.12. The first-order chi connectivity index (χ1) is 9.97. The van der Waals surface area contributed by atoms with E-state index in [0.717, 1.165) is 23.9 Å². The maximum atomic E-state index is 13.5. The molecule has 1 amide bonds. The van der Waals surface area contributed by atoms with Gasteiger partial charge in [-0.2, -0.15) is 5.10 Å². The minimum absolute atomic E-state index is 0.262. The van der Waals surface area contributed by atoms with Crippen molar-refractivity contribution in [3.05, 3.63) is 57.7 Å². The Hall–Kier alpha value is -2.77. The third-order valence-electron chi connectivity index (χ3n) is 2.84. The molecule has 2 aromatic rings. The number of amides is 1. The first kappa shape index (κ1) is 14.6. The number of non-ortho nitro benzene ring substituents is 1. The molecule has 0 aliphatic carbocycles. The van der Waals surface area contributed by atoms with Crippen LogP contribution in [-0.2, 0) is 13.5 Å². The van der Waals surface area contributed by atoms with Gasteiger partial charge in [0.2, 0.25) is 0 Å². The van der Waals surface area contributed by atoms with E-state index in [1.807, 2.05) is 0 Å². The summed E-state index contributed by atoms with van der Waals surface area (Å²) in [6, 6.07) is 4.65. The summed E-state index contributed by atoms with van der Waals surface area (Å²) in [5, 5.41) is 17.3. The number of nitrogens with zero attached hydrogens (tertiary/aromatic N) is 3. The quantitative estimate of drug-likeness (QED) is 0.667. The number of carbonyl (C=O) groups is 1. The molecule has 0 unspecified atom stereocenters. The van der Waals surface area contributed by atoms with Gasteiger partial charge in [0, 0.05) is 38.3 Å². The Kier molecular flexibility index (Phi) is 4.27. The maximum Gasteiger partial charge on any atom is 0.270 e. The third kappa shape index (κ3) is 3.62. The predicted molar refractivity (Wildman–Crippen MR) is 72.3 cm³/mol. The summed E-state index contributed by atoms with van der Waals surface area (Å²) < 4.78 is 15.2. The van der Waals surface area contributed by atoms with Crippen molar-refractivity contribution in [2.75, 3.05) is 6.54 Å². The lowest BCUT2D eigenvalue weighted by Gasteiger charge is -2.05. The molecule has 0 spiro atoms. The molecule has 1 aromatic carbocycles. The van der Waals surface area contributed by atoms with Crippen LogP contribution in [0.5, 0.6) is 0 Å². The van der Waals surface area contributed by atoms with Gasteiger partial charge in [-0.1, -0.05) is 0 Å². The van der Waals surface area contributed by atoms with Gasteiger partial charge in [-0.15, -0.1) is 0 Å². The van der Waals surface area contributed by atoms with Crippen molar-refractivity contribution in [2.45, 2.75) is 6.42 Å². The Morgan fingerprint density at radius 3 is 2.86 bits per heavy atom. The zero-order chi connectivity index (χ0) is 15.4. The van der Waals surface area contributed by atoms with E-state index in [-0.39, 0.29) is 17.8 Å². The molecule has 0 aliphatic rings. The average Bonchev–Trinajstić information content (AvgIpc) is 2.84. The number of rotatable bonds is 5. The van der Waals surface area contributed by atoms with Gasteiger partial charge in [-0.05, 0) is 12.1 Å². The molecular weight excluding hydrogens is 279 g/mol. The summed E-state index contributed by atoms with van der Waals surface area (Å²) >= 11 is 0. The highest BCUT2D eigenvalue weighted by atomic mass is 19.1. The SMILES string of the molecule is Cn1ccc(CCNC(=O)c2cc([N+](=O)[O-])ccc2F)n1. The van der Waals surface area contributed by atoms with E-state index >= 15 is 0 Å². The number of nitro groups is 1. The molecule has 1 aromatic heterocycles. The van der Waals surface area contributed by atoms with Gasteiger partial charge in [-0.25, -0.2) is 4.39 Å². The molecule has 0 saturated heterocycles. The second-order valence-corrected chi connectivity index (χ2v) is 4.41. The number of aromatic nitrogens is 2. The van der Waals surface area contributed by atoms with E-state index in [0.29, 0.717) is 6.42 Å². The van der Waals surface area contributed by atoms with E-state index in [2.05, 4.69) is 10.4 Å². The van der Waals surface area contributed by atoms with Gasteiger partial charge in [0.15, 0.2) is 0 Å². The Labute approximate surface area is 119 Å². The molecule has 0 radical (unpaired) electrons. The minimum atomic E-state index is -0.795. The number of nitro benzene ring substituents is 1. The van der Waals surface area contributed by atoms with E-state index < -0.39 is 16.6 Å². The summed E-state index contributed by atoms with van der Waals surface area (Å²) in [6.07, 6.45) is 2.26. The molecule has 0 saturated carbocycles. The molecular formula is C13H13FN4O3. The van der Waals surface area contributed by atoms with E-state index in [1.54, 1.807) is 24.0 Å². The highest BCUT2D eigenvalue weighted by Crippen LogP contribution is 2.16. The van der Waals surface area contributed by atoms with Gasteiger partial charge < -0.3 is 5.32 Å². The number of aryl methyl sites for hydroxylation is 1. The molecule has 2 rings (SSSR count). The standard InChI is InChI=1S/C13H13FN4O3/c1-17-7-5-9(16-17)4-6-15-13(19)11-8-10(18(20)21)2-3-12(11)14/h2-3,5,7-8H,4,6H2,1H3,(H,15,19). The number of benzene rings is 1. The monoisotopic (exact) mass is 292 g/mol. The number of halogens is 1. The van der Waals surface area contributed by atoms with Gasteiger partial charge in [0.05, 0.1) is 16.2 Å². The van der Waals surface area contributed by atoms with Crippen LogP contribution in [0.4, 0.5) is 10.1 Å². The normalized spacial score (nSPS) is 10.4. The molecule has 7 nitrogen and oxygen atoms in total. The van der Waals surface area contributed by atoms with Gasteiger partial charge in [0.25, 0.3) is 11.6 Å². The van der Waals surface area contributed by atoms with Gasteiger partial charge in [0.1, 0.15) is 5.82 Å². The number of hydrogen-bond acceptors (Lipinski definition) is 4. The van der Waals surface area contributed by atoms with Crippen LogP contribution in [0.1, 0.15) is 16.1 Å². The molecule has 0 fully saturated rings. The molecule has 1 heterocycles. The largest absolute Gasteiger partial charge is 0.352 e. The van der Waals surface area contributed by atoms with Gasteiger partial charge in [-0.3, -0.25) is 19.6 Å². The number of nitrogens with one attached hydrogen (secondary N) is 1. The summed E-state index contributed by atoms with van der Waals surface area (Å²) in [4.78, 5) is 21.8. The average molecular weight is 292 g/mol. The van der Waals surface area contributed by atoms with Crippen molar-refractivity contribution in [2.24, 2.45) is 7.05 Å². The molecule has 21 heavy (non-hydrogen) atoms. The lowest BCUT2D eigenvalue weighted by atomic mass is 10.1. The molecule has 0 aliphatic heterocycles. The molecule has 110 valence electrons. The Morgan fingerprint density at radius 2 is 2.24 bits per heavy atom. The van der Waals surface area contributed by atoms with E-state index in [1.165, 1.54) is 0 Å². The van der Waals surface area contributed by atoms with Crippen LogP contribution in [0.2, 0.25) is 0 Å². The minimum Gasteiger partial charge on any atom is -0.352 e. The smallest absolute Gasteiger partial charge is 0.270 e. The lowest BCUT2D eigenvalue weighted by molar-refractivity contribution is -0.384. The van der Waals surface area contributed by atoms with Crippen molar-refractivity contribution >= 4 is 11.6 Å². The molecule has 8 heteroatoms. The predicted octanol–water partition coefficient (Wildman–Crippen LogP) is 1.44. The van der Waals surface area contributed by atoms with Crippen molar-refractivity contribution in [3.63, 3.8) is 0 Å².